The smallest absolute Gasteiger partial charge is 0.335 e. The zero-order chi connectivity index (χ0) is 14.6. The van der Waals surface area contributed by atoms with Gasteiger partial charge in [-0.1, -0.05) is 19.3 Å². The van der Waals surface area contributed by atoms with E-state index in [4.69, 9.17) is 10.8 Å². The average molecular weight is 294 g/mol. The molecule has 4 N–H and O–H groups in total. The van der Waals surface area contributed by atoms with Gasteiger partial charge in [0, 0.05) is 11.3 Å². The van der Waals surface area contributed by atoms with Crippen molar-refractivity contribution < 1.29 is 9.90 Å². The molecule has 110 valence electrons. The first-order valence-corrected chi connectivity index (χ1v) is 8.21. The number of thioether (sulfide) groups is 1. The van der Waals surface area contributed by atoms with Gasteiger partial charge in [-0.2, -0.15) is 11.8 Å². The molecule has 0 spiro atoms. The summed E-state index contributed by atoms with van der Waals surface area (Å²) >= 11 is 1.91. The maximum Gasteiger partial charge on any atom is 0.335 e. The highest BCUT2D eigenvalue weighted by atomic mass is 32.2. The van der Waals surface area contributed by atoms with Crippen LogP contribution in [0.2, 0.25) is 0 Å². The van der Waals surface area contributed by atoms with Gasteiger partial charge >= 0.3 is 5.97 Å². The van der Waals surface area contributed by atoms with E-state index in [1.54, 1.807) is 12.1 Å². The van der Waals surface area contributed by atoms with Crippen LogP contribution in [0.25, 0.3) is 0 Å². The lowest BCUT2D eigenvalue weighted by Gasteiger charge is -2.36. The van der Waals surface area contributed by atoms with Crippen LogP contribution in [0.15, 0.2) is 18.2 Å². The minimum Gasteiger partial charge on any atom is -0.478 e. The topological polar surface area (TPSA) is 75.3 Å². The van der Waals surface area contributed by atoms with E-state index in [0.717, 1.165) is 12.2 Å². The summed E-state index contributed by atoms with van der Waals surface area (Å²) in [5.74, 6) is -0.926. The number of aromatic carboxylic acids is 1. The van der Waals surface area contributed by atoms with Crippen LogP contribution >= 0.6 is 11.8 Å². The minimum absolute atomic E-state index is 0.254. The highest BCUT2D eigenvalue weighted by Crippen LogP contribution is 2.39. The van der Waals surface area contributed by atoms with Crippen LogP contribution in [-0.2, 0) is 0 Å². The second kappa shape index (κ2) is 6.39. The van der Waals surface area contributed by atoms with Crippen LogP contribution in [-0.4, -0.2) is 28.6 Å². The molecule has 5 heteroatoms. The van der Waals surface area contributed by atoms with Gasteiger partial charge in [0.15, 0.2) is 0 Å². The summed E-state index contributed by atoms with van der Waals surface area (Å²) in [6.45, 7) is 0.835. The molecule has 1 saturated carbocycles. The van der Waals surface area contributed by atoms with Gasteiger partial charge in [0.25, 0.3) is 0 Å². The Morgan fingerprint density at radius 3 is 2.70 bits per heavy atom. The first-order valence-electron chi connectivity index (χ1n) is 6.98. The monoisotopic (exact) mass is 294 g/mol. The van der Waals surface area contributed by atoms with E-state index < -0.39 is 5.97 Å². The summed E-state index contributed by atoms with van der Waals surface area (Å²) in [4.78, 5) is 11.0. The summed E-state index contributed by atoms with van der Waals surface area (Å²) in [6.07, 6.45) is 8.43. The molecule has 0 heterocycles. The zero-order valence-corrected chi connectivity index (χ0v) is 12.6. The predicted molar refractivity (Wildman–Crippen MR) is 85.6 cm³/mol. The number of carboxylic acids is 1. The molecule has 0 bridgehead atoms. The minimum atomic E-state index is -0.926. The number of nitrogens with one attached hydrogen (secondary N) is 1. The lowest BCUT2D eigenvalue weighted by molar-refractivity contribution is 0.0697. The van der Waals surface area contributed by atoms with E-state index in [1.165, 1.54) is 38.2 Å². The van der Waals surface area contributed by atoms with E-state index in [0.29, 0.717) is 5.69 Å². The van der Waals surface area contributed by atoms with Gasteiger partial charge in [0.1, 0.15) is 0 Å². The summed E-state index contributed by atoms with van der Waals surface area (Å²) < 4.78 is 0.254. The second-order valence-corrected chi connectivity index (χ2v) is 6.68. The van der Waals surface area contributed by atoms with E-state index in [2.05, 4.69) is 11.6 Å². The van der Waals surface area contributed by atoms with Crippen molar-refractivity contribution in [2.45, 2.75) is 36.9 Å². The molecule has 0 atom stereocenters. The Labute approximate surface area is 124 Å². The number of anilines is 2. The molecule has 2 rings (SSSR count). The number of benzene rings is 1. The fraction of sp³-hybridized carbons (Fsp3) is 0.533. The molecule has 0 saturated heterocycles. The quantitative estimate of drug-likeness (QED) is 0.725. The van der Waals surface area contributed by atoms with Crippen LogP contribution in [0, 0.1) is 0 Å². The number of hydrogen-bond acceptors (Lipinski definition) is 4. The molecule has 1 aromatic rings. The first kappa shape index (κ1) is 15.0. The van der Waals surface area contributed by atoms with E-state index in [-0.39, 0.29) is 10.3 Å². The molecule has 0 unspecified atom stereocenters. The zero-order valence-electron chi connectivity index (χ0n) is 11.8. The van der Waals surface area contributed by atoms with Gasteiger partial charge in [0.2, 0.25) is 0 Å². The molecule has 0 radical (unpaired) electrons. The molecule has 1 aliphatic rings. The van der Waals surface area contributed by atoms with Gasteiger partial charge in [-0.3, -0.25) is 0 Å². The number of carbonyl (C=O) groups is 1. The van der Waals surface area contributed by atoms with Crippen molar-refractivity contribution in [3.63, 3.8) is 0 Å². The molecule has 0 amide bonds. The van der Waals surface area contributed by atoms with E-state index in [9.17, 15) is 4.79 Å². The van der Waals surface area contributed by atoms with Crippen LogP contribution in [0.4, 0.5) is 11.4 Å². The lowest BCUT2D eigenvalue weighted by atomic mass is 9.88. The van der Waals surface area contributed by atoms with E-state index in [1.807, 2.05) is 11.8 Å². The molecule has 20 heavy (non-hydrogen) atoms. The van der Waals surface area contributed by atoms with Crippen molar-refractivity contribution in [2.75, 3.05) is 23.9 Å². The van der Waals surface area contributed by atoms with Gasteiger partial charge in [-0.25, -0.2) is 4.79 Å². The van der Waals surface area contributed by atoms with Crippen LogP contribution in [0.5, 0.6) is 0 Å². The third kappa shape index (κ3) is 3.39. The number of carboxylic acid groups (broad SMARTS) is 1. The molecule has 1 fully saturated rings. The third-order valence-corrected chi connectivity index (χ3v) is 5.52. The molecular weight excluding hydrogens is 272 g/mol. The summed E-state index contributed by atoms with van der Waals surface area (Å²) in [5, 5.41) is 12.4. The maximum atomic E-state index is 11.0. The number of nitrogen functional groups attached to an aromatic ring is 1. The average Bonchev–Trinajstić information content (AvgIpc) is 2.47. The number of hydrogen-bond donors (Lipinski definition) is 3. The second-order valence-electron chi connectivity index (χ2n) is 5.41. The summed E-state index contributed by atoms with van der Waals surface area (Å²) in [6, 6.07) is 4.81. The highest BCUT2D eigenvalue weighted by molar-refractivity contribution is 8.00. The fourth-order valence-electron chi connectivity index (χ4n) is 2.75. The Morgan fingerprint density at radius 2 is 2.10 bits per heavy atom. The fourth-order valence-corrected chi connectivity index (χ4v) is 3.66. The Hall–Kier alpha value is -1.36. The van der Waals surface area contributed by atoms with Gasteiger partial charge in [-0.15, -0.1) is 0 Å². The SMILES string of the molecule is CSC1(CNc2cc(C(=O)O)ccc2N)CCCCC1. The Balaban J connectivity index is 2.09. The summed E-state index contributed by atoms with van der Waals surface area (Å²) in [7, 11) is 0. The predicted octanol–water partition coefficient (Wildman–Crippen LogP) is 3.44. The highest BCUT2D eigenvalue weighted by Gasteiger charge is 2.30. The van der Waals surface area contributed by atoms with Crippen molar-refractivity contribution in [2.24, 2.45) is 0 Å². The van der Waals surface area contributed by atoms with Gasteiger partial charge < -0.3 is 16.2 Å². The van der Waals surface area contributed by atoms with Crippen molar-refractivity contribution in [3.8, 4) is 0 Å². The first-order chi connectivity index (χ1) is 9.56. The van der Waals surface area contributed by atoms with Crippen molar-refractivity contribution >= 4 is 29.1 Å². The lowest BCUT2D eigenvalue weighted by Crippen LogP contribution is -2.35. The number of rotatable bonds is 5. The van der Waals surface area contributed by atoms with Crippen molar-refractivity contribution in [1.29, 1.82) is 0 Å². The van der Waals surface area contributed by atoms with E-state index >= 15 is 0 Å². The largest absolute Gasteiger partial charge is 0.478 e. The maximum absolute atomic E-state index is 11.0. The van der Waals surface area contributed by atoms with Crippen LogP contribution < -0.4 is 11.1 Å². The summed E-state index contributed by atoms with van der Waals surface area (Å²) in [5.41, 5.74) is 7.52. The standard InChI is InChI=1S/C15H22N2O2S/c1-20-15(7-3-2-4-8-15)10-17-13-9-11(14(18)19)5-6-12(13)16/h5-6,9,17H,2-4,7-8,10,16H2,1H3,(H,18,19). The normalized spacial score (nSPS) is 17.6. The van der Waals surface area contributed by atoms with Gasteiger partial charge in [0.05, 0.1) is 16.9 Å². The Kier molecular flexibility index (Phi) is 4.81. The van der Waals surface area contributed by atoms with Gasteiger partial charge in [-0.05, 0) is 37.3 Å². The van der Waals surface area contributed by atoms with Crippen molar-refractivity contribution in [1.82, 2.24) is 0 Å². The molecule has 0 aromatic heterocycles. The van der Waals surface area contributed by atoms with Crippen molar-refractivity contribution in [3.05, 3.63) is 23.8 Å². The van der Waals surface area contributed by atoms with Crippen LogP contribution in [0.3, 0.4) is 0 Å². The molecule has 0 aliphatic heterocycles. The number of nitrogens with two attached hydrogens (primary N) is 1. The molecule has 1 aromatic carbocycles. The third-order valence-electron chi connectivity index (χ3n) is 4.10. The van der Waals surface area contributed by atoms with Crippen LogP contribution in [0.1, 0.15) is 42.5 Å². The molecule has 1 aliphatic carbocycles. The molecule has 4 nitrogen and oxygen atoms in total. The Bertz CT molecular complexity index is 485. The molecular formula is C15H22N2O2S. The Morgan fingerprint density at radius 1 is 1.40 bits per heavy atom.